The van der Waals surface area contributed by atoms with E-state index < -0.39 is 34.9 Å². The van der Waals surface area contributed by atoms with Crippen molar-refractivity contribution >= 4 is 22.2 Å². The van der Waals surface area contributed by atoms with Crippen LogP contribution in [0.3, 0.4) is 0 Å². The van der Waals surface area contributed by atoms with Crippen LogP contribution in [0.2, 0.25) is 0 Å². The predicted molar refractivity (Wildman–Crippen MR) is 37.9 cm³/mol. The minimum Gasteiger partial charge on any atom is -0.393 e. The van der Waals surface area contributed by atoms with Gasteiger partial charge < -0.3 is 10.2 Å². The van der Waals surface area contributed by atoms with Gasteiger partial charge in [-0.3, -0.25) is 14.2 Å². The Morgan fingerprint density at radius 2 is 1.87 bits per heavy atom. The zero-order chi connectivity index (χ0) is 12.1. The summed E-state index contributed by atoms with van der Waals surface area (Å²) >= 11 is 0. The molecule has 0 heterocycles. The van der Waals surface area contributed by atoms with Gasteiger partial charge in [0.25, 0.3) is 5.78 Å². The molecule has 0 aliphatic heterocycles. The Hall–Kier alpha value is -1.11. The molecule has 0 bridgehead atoms. The summed E-state index contributed by atoms with van der Waals surface area (Å²) < 4.78 is 30.6. The van der Waals surface area contributed by atoms with Crippen LogP contribution in [-0.2, 0) is 34.2 Å². The Kier molecular flexibility index (Phi) is 5.27. The van der Waals surface area contributed by atoms with Crippen molar-refractivity contribution in [2.24, 2.45) is 0 Å². The maximum atomic E-state index is 10.6. The Morgan fingerprint density at radius 3 is 2.27 bits per heavy atom. The zero-order valence-corrected chi connectivity index (χ0v) is 7.71. The molecule has 0 saturated carbocycles. The van der Waals surface area contributed by atoms with Crippen molar-refractivity contribution in [1.82, 2.24) is 0 Å². The van der Waals surface area contributed by atoms with Crippen LogP contribution in [0.25, 0.3) is 0 Å². The zero-order valence-electron chi connectivity index (χ0n) is 6.89. The van der Waals surface area contributed by atoms with E-state index in [-0.39, 0.29) is 0 Å². The number of rotatable bonds is 6. The summed E-state index contributed by atoms with van der Waals surface area (Å²) in [6.07, 6.45) is -2.02. The quantitative estimate of drug-likeness (QED) is 0.192. The summed E-state index contributed by atoms with van der Waals surface area (Å²) in [4.78, 5) is 24.5. The first-order valence-corrected chi connectivity index (χ1v) is 4.51. The van der Waals surface area contributed by atoms with E-state index in [2.05, 4.69) is 14.3 Å². The van der Waals surface area contributed by atoms with Crippen molar-refractivity contribution in [3.8, 4) is 0 Å². The van der Waals surface area contributed by atoms with Crippen LogP contribution < -0.4 is 0 Å². The molecular weight excluding hydrogens is 240 g/mol. The molecule has 1 atom stereocenters. The molecule has 0 aliphatic carbocycles. The van der Waals surface area contributed by atoms with E-state index in [9.17, 15) is 18.0 Å². The van der Waals surface area contributed by atoms with E-state index in [1.54, 1.807) is 0 Å². The van der Waals surface area contributed by atoms with Gasteiger partial charge in [0.05, 0.1) is 6.61 Å². The molecule has 0 aromatic carbocycles. The van der Waals surface area contributed by atoms with Crippen LogP contribution in [0.15, 0.2) is 0 Å². The lowest BCUT2D eigenvalue weighted by Gasteiger charge is -2.03. The van der Waals surface area contributed by atoms with Crippen molar-refractivity contribution in [1.29, 1.82) is 0 Å². The monoisotopic (exact) mass is 246 g/mol. The van der Waals surface area contributed by atoms with Gasteiger partial charge in [-0.25, -0.2) is 4.79 Å². The highest BCUT2D eigenvalue weighted by Crippen LogP contribution is 1.93. The molecule has 15 heavy (non-hydrogen) atoms. The van der Waals surface area contributed by atoms with E-state index in [1.165, 1.54) is 0 Å². The van der Waals surface area contributed by atoms with Crippen molar-refractivity contribution in [3.63, 3.8) is 0 Å². The topological polar surface area (TPSA) is 157 Å². The Balaban J connectivity index is 4.00. The molecule has 0 saturated heterocycles. The first-order valence-electron chi connectivity index (χ1n) is 3.15. The van der Waals surface area contributed by atoms with Crippen molar-refractivity contribution in [2.45, 2.75) is 6.10 Å². The van der Waals surface area contributed by atoms with Crippen molar-refractivity contribution in [3.05, 3.63) is 0 Å². The molecular formula is C4H6O10S. The number of aliphatic hydroxyl groups excluding tert-OH is 2. The van der Waals surface area contributed by atoms with E-state index in [1.807, 2.05) is 0 Å². The van der Waals surface area contributed by atoms with E-state index >= 15 is 0 Å². The van der Waals surface area contributed by atoms with Crippen LogP contribution in [0.1, 0.15) is 0 Å². The van der Waals surface area contributed by atoms with E-state index in [0.717, 1.165) is 0 Å². The summed E-state index contributed by atoms with van der Waals surface area (Å²) in [5.74, 6) is -3.41. The molecule has 0 aromatic rings. The average molecular weight is 246 g/mol. The minimum atomic E-state index is -4.99. The standard InChI is InChI=1S/C4H6O10S/c5-1-2(6)3(7)4(8)12-13-14-15(9,10)11/h2,5-6H,1H2,(H,9,10,11). The van der Waals surface area contributed by atoms with Gasteiger partial charge in [-0.05, 0) is 4.33 Å². The third-order valence-corrected chi connectivity index (χ3v) is 1.13. The van der Waals surface area contributed by atoms with Crippen LogP contribution in [-0.4, -0.2) is 47.6 Å². The van der Waals surface area contributed by atoms with Gasteiger partial charge in [-0.2, -0.15) is 8.42 Å². The Labute approximate surface area is 82.8 Å². The summed E-state index contributed by atoms with van der Waals surface area (Å²) in [6, 6.07) is 0. The molecule has 0 spiro atoms. The lowest BCUT2D eigenvalue weighted by atomic mass is 10.2. The third-order valence-electron chi connectivity index (χ3n) is 0.900. The molecule has 11 heteroatoms. The Bertz CT molecular complexity index is 329. The normalized spacial score (nSPS) is 13.3. The maximum Gasteiger partial charge on any atom is 0.427 e. The average Bonchev–Trinajstić information content (AvgIpc) is 2.13. The molecule has 1 unspecified atom stereocenters. The van der Waals surface area contributed by atoms with Crippen LogP contribution >= 0.6 is 0 Å². The van der Waals surface area contributed by atoms with E-state index in [0.29, 0.717) is 0 Å². The van der Waals surface area contributed by atoms with Crippen molar-refractivity contribution < 1.29 is 47.0 Å². The molecule has 0 fully saturated rings. The summed E-state index contributed by atoms with van der Waals surface area (Å²) in [5.41, 5.74) is 0. The van der Waals surface area contributed by atoms with Crippen LogP contribution in [0.4, 0.5) is 0 Å². The first-order chi connectivity index (χ1) is 6.78. The number of ketones is 1. The fourth-order valence-electron chi connectivity index (χ4n) is 0.340. The van der Waals surface area contributed by atoms with Gasteiger partial charge in [0.1, 0.15) is 6.10 Å². The van der Waals surface area contributed by atoms with Gasteiger partial charge in [0, 0.05) is 5.04 Å². The van der Waals surface area contributed by atoms with Gasteiger partial charge >= 0.3 is 16.4 Å². The summed E-state index contributed by atoms with van der Waals surface area (Å²) in [5, 5.41) is 20.0. The molecule has 0 radical (unpaired) electrons. The maximum absolute atomic E-state index is 10.6. The number of aliphatic hydroxyl groups is 2. The number of carbonyl (C=O) groups is 2. The molecule has 0 aliphatic rings. The SMILES string of the molecule is O=C(OOOS(=O)(=O)O)C(=O)C(O)CO. The second-order valence-corrected chi connectivity index (χ2v) is 2.99. The fraction of sp³-hybridized carbons (Fsp3) is 0.500. The van der Waals surface area contributed by atoms with Gasteiger partial charge in [-0.1, -0.05) is 0 Å². The third kappa shape index (κ3) is 6.05. The van der Waals surface area contributed by atoms with Gasteiger partial charge in [0.2, 0.25) is 0 Å². The molecule has 3 N–H and O–H groups in total. The van der Waals surface area contributed by atoms with Crippen molar-refractivity contribution in [2.75, 3.05) is 6.61 Å². The molecule has 0 rings (SSSR count). The second-order valence-electron chi connectivity index (χ2n) is 2.00. The number of carbonyl (C=O) groups excluding carboxylic acids is 2. The van der Waals surface area contributed by atoms with Crippen LogP contribution in [0, 0.1) is 0 Å². The number of hydrogen-bond acceptors (Lipinski definition) is 9. The van der Waals surface area contributed by atoms with Gasteiger partial charge in [-0.15, -0.1) is 0 Å². The molecule has 0 amide bonds. The highest BCUT2D eigenvalue weighted by molar-refractivity contribution is 7.80. The largest absolute Gasteiger partial charge is 0.427 e. The molecule has 88 valence electrons. The number of hydrogen-bond donors (Lipinski definition) is 3. The summed E-state index contributed by atoms with van der Waals surface area (Å²) in [7, 11) is -4.99. The number of Topliss-reactive ketones (excluding diaryl/α,β-unsaturated/α-hetero) is 1. The van der Waals surface area contributed by atoms with Crippen LogP contribution in [0.5, 0.6) is 0 Å². The molecule has 10 nitrogen and oxygen atoms in total. The first kappa shape index (κ1) is 13.9. The summed E-state index contributed by atoms with van der Waals surface area (Å²) in [6.45, 7) is -1.03. The fourth-order valence-corrected chi connectivity index (χ4v) is 0.438. The Morgan fingerprint density at radius 1 is 1.33 bits per heavy atom. The lowest BCUT2D eigenvalue weighted by molar-refractivity contribution is -0.435. The highest BCUT2D eigenvalue weighted by Gasteiger charge is 2.26. The smallest absolute Gasteiger partial charge is 0.393 e. The van der Waals surface area contributed by atoms with E-state index in [4.69, 9.17) is 14.8 Å². The highest BCUT2D eigenvalue weighted by atomic mass is 32.3. The minimum absolute atomic E-state index is 1.03. The predicted octanol–water partition coefficient (Wildman–Crippen LogP) is -2.88. The molecule has 0 aromatic heterocycles. The second kappa shape index (κ2) is 5.69. The van der Waals surface area contributed by atoms with Gasteiger partial charge in [0.15, 0.2) is 0 Å². The lowest BCUT2D eigenvalue weighted by Crippen LogP contribution is -2.32.